The lowest BCUT2D eigenvalue weighted by atomic mass is 10.3. The van der Waals surface area contributed by atoms with Crippen LogP contribution in [0.3, 0.4) is 0 Å². The molecule has 2 heterocycles. The quantitative estimate of drug-likeness (QED) is 0.644. The zero-order chi connectivity index (χ0) is 18.7. The van der Waals surface area contributed by atoms with Crippen LogP contribution >= 0.6 is 0 Å². The van der Waals surface area contributed by atoms with E-state index in [1.165, 1.54) is 17.1 Å². The minimum atomic E-state index is -3.84. The second-order valence-electron chi connectivity index (χ2n) is 5.87. The second-order valence-corrected chi connectivity index (χ2v) is 7.55. The highest BCUT2D eigenvalue weighted by Gasteiger charge is 2.21. The van der Waals surface area contributed by atoms with Crippen molar-refractivity contribution in [3.8, 4) is 0 Å². The van der Waals surface area contributed by atoms with Gasteiger partial charge in [-0.1, -0.05) is 12.1 Å². The van der Waals surface area contributed by atoms with Crippen molar-refractivity contribution in [2.75, 3.05) is 23.8 Å². The summed E-state index contributed by atoms with van der Waals surface area (Å²) in [7, 11) is -0.598. The fourth-order valence-corrected chi connectivity index (χ4v) is 3.41. The summed E-state index contributed by atoms with van der Waals surface area (Å²) in [5, 5.41) is 7.04. The number of rotatable bonds is 7. The molecule has 2 N–H and O–H groups in total. The van der Waals surface area contributed by atoms with Gasteiger partial charge in [-0.2, -0.15) is 5.10 Å². The van der Waals surface area contributed by atoms with Gasteiger partial charge in [-0.05, 0) is 19.1 Å². The predicted octanol–water partition coefficient (Wildman–Crippen LogP) is 1.61. The Morgan fingerprint density at radius 2 is 1.85 bits per heavy atom. The van der Waals surface area contributed by atoms with Crippen molar-refractivity contribution in [1.82, 2.24) is 19.7 Å². The van der Waals surface area contributed by atoms with E-state index in [-0.39, 0.29) is 16.8 Å². The molecule has 0 fully saturated rings. The number of sulfonamides is 1. The van der Waals surface area contributed by atoms with Crippen LogP contribution in [0, 0.1) is 0 Å². The van der Waals surface area contributed by atoms with Gasteiger partial charge >= 0.3 is 0 Å². The third kappa shape index (κ3) is 3.92. The minimum Gasteiger partial charge on any atom is -0.383 e. The summed E-state index contributed by atoms with van der Waals surface area (Å²) >= 11 is 0. The predicted molar refractivity (Wildman–Crippen MR) is 98.5 cm³/mol. The van der Waals surface area contributed by atoms with Crippen molar-refractivity contribution in [2.45, 2.75) is 17.9 Å². The molecule has 3 aromatic rings. The number of aromatic nitrogens is 4. The van der Waals surface area contributed by atoms with Gasteiger partial charge < -0.3 is 10.1 Å². The number of aryl methyl sites for hydroxylation is 1. The topological polar surface area (TPSA) is 111 Å². The van der Waals surface area contributed by atoms with Crippen LogP contribution in [0.2, 0.25) is 0 Å². The van der Waals surface area contributed by atoms with E-state index >= 15 is 0 Å². The average Bonchev–Trinajstić information content (AvgIpc) is 3.03. The highest BCUT2D eigenvalue weighted by molar-refractivity contribution is 7.92. The Morgan fingerprint density at radius 3 is 2.42 bits per heavy atom. The second kappa shape index (κ2) is 7.26. The molecule has 0 saturated heterocycles. The smallest absolute Gasteiger partial charge is 0.266 e. The molecule has 2 aromatic heterocycles. The Morgan fingerprint density at radius 1 is 1.19 bits per heavy atom. The Hall–Kier alpha value is -2.72. The lowest BCUT2D eigenvalue weighted by Crippen LogP contribution is -2.24. The van der Waals surface area contributed by atoms with Crippen LogP contribution in [0.1, 0.15) is 6.92 Å². The van der Waals surface area contributed by atoms with Crippen molar-refractivity contribution in [3.05, 3.63) is 36.7 Å². The molecule has 9 nitrogen and oxygen atoms in total. The minimum absolute atomic E-state index is 0.0471. The summed E-state index contributed by atoms with van der Waals surface area (Å²) in [6.07, 6.45) is 2.69. The third-order valence-corrected chi connectivity index (χ3v) is 4.89. The molecule has 1 aromatic carbocycles. The van der Waals surface area contributed by atoms with Crippen LogP contribution in [0.25, 0.3) is 11.0 Å². The lowest BCUT2D eigenvalue weighted by Gasteiger charge is -2.17. The number of fused-ring (bicyclic) bond motifs is 1. The van der Waals surface area contributed by atoms with Gasteiger partial charge in [0.25, 0.3) is 10.0 Å². The summed E-state index contributed by atoms with van der Waals surface area (Å²) < 4.78 is 34.3. The van der Waals surface area contributed by atoms with E-state index in [4.69, 9.17) is 4.74 Å². The van der Waals surface area contributed by atoms with Gasteiger partial charge in [0.2, 0.25) is 0 Å². The Bertz CT molecular complexity index is 1020. The van der Waals surface area contributed by atoms with Crippen LogP contribution in [-0.4, -0.2) is 47.9 Å². The molecular formula is C16H20N6O3S. The van der Waals surface area contributed by atoms with E-state index in [1.807, 2.05) is 25.1 Å². The number of benzene rings is 1. The van der Waals surface area contributed by atoms with Gasteiger partial charge in [-0.25, -0.2) is 18.4 Å². The SMILES string of the molecule is COCC(C)Nc1nc2ccccc2nc1NS(=O)(=O)c1cnn(C)c1. The normalized spacial score (nSPS) is 12.9. The van der Waals surface area contributed by atoms with Crippen LogP contribution in [0.15, 0.2) is 41.6 Å². The number of methoxy groups -OCH3 is 1. The molecule has 0 saturated carbocycles. The van der Waals surface area contributed by atoms with Crippen molar-refractivity contribution >= 4 is 32.7 Å². The molecule has 0 aliphatic rings. The lowest BCUT2D eigenvalue weighted by molar-refractivity contribution is 0.190. The highest BCUT2D eigenvalue weighted by atomic mass is 32.2. The Kier molecular flexibility index (Phi) is 5.05. The molecule has 10 heteroatoms. The molecular weight excluding hydrogens is 356 g/mol. The standard InChI is InChI=1S/C16H20N6O3S/c1-11(10-25-3)18-15-16(20-14-7-5-4-6-13(14)19-15)21-26(23,24)12-8-17-22(2)9-12/h4-9,11H,10H2,1-3H3,(H,18,19)(H,20,21). The first-order valence-corrected chi connectivity index (χ1v) is 9.41. The molecule has 1 unspecified atom stereocenters. The van der Waals surface area contributed by atoms with Gasteiger partial charge in [0.15, 0.2) is 11.6 Å². The third-order valence-electron chi connectivity index (χ3n) is 3.59. The average molecular weight is 376 g/mol. The number of hydrogen-bond acceptors (Lipinski definition) is 7. The fraction of sp³-hybridized carbons (Fsp3) is 0.312. The Labute approximate surface area is 151 Å². The van der Waals surface area contributed by atoms with E-state index in [1.54, 1.807) is 20.2 Å². The maximum absolute atomic E-state index is 12.6. The number of hydrogen-bond donors (Lipinski definition) is 2. The van der Waals surface area contributed by atoms with Crippen molar-refractivity contribution in [2.24, 2.45) is 7.05 Å². The molecule has 26 heavy (non-hydrogen) atoms. The monoisotopic (exact) mass is 376 g/mol. The summed E-state index contributed by atoms with van der Waals surface area (Å²) in [6, 6.07) is 7.16. The van der Waals surface area contributed by atoms with E-state index < -0.39 is 10.0 Å². The van der Waals surface area contributed by atoms with E-state index in [2.05, 4.69) is 25.1 Å². The number of anilines is 2. The zero-order valence-electron chi connectivity index (χ0n) is 14.7. The highest BCUT2D eigenvalue weighted by Crippen LogP contribution is 2.24. The van der Waals surface area contributed by atoms with Crippen LogP contribution in [0.4, 0.5) is 11.6 Å². The molecule has 0 bridgehead atoms. The van der Waals surface area contributed by atoms with Crippen LogP contribution in [-0.2, 0) is 21.8 Å². The number of para-hydroxylation sites is 2. The molecule has 1 atom stereocenters. The van der Waals surface area contributed by atoms with Crippen molar-refractivity contribution < 1.29 is 13.2 Å². The van der Waals surface area contributed by atoms with E-state index in [9.17, 15) is 8.42 Å². The first kappa shape index (κ1) is 18.1. The molecule has 0 aliphatic heterocycles. The summed E-state index contributed by atoms with van der Waals surface area (Å²) in [5.41, 5.74) is 1.24. The van der Waals surface area contributed by atoms with Gasteiger partial charge in [0.05, 0.1) is 23.8 Å². The zero-order valence-corrected chi connectivity index (χ0v) is 15.5. The molecule has 3 rings (SSSR count). The van der Waals surface area contributed by atoms with Crippen molar-refractivity contribution in [3.63, 3.8) is 0 Å². The van der Waals surface area contributed by atoms with Gasteiger partial charge in [-0.3, -0.25) is 9.40 Å². The first-order chi connectivity index (χ1) is 12.4. The Balaban J connectivity index is 2.01. The van der Waals surface area contributed by atoms with Crippen LogP contribution < -0.4 is 10.0 Å². The first-order valence-electron chi connectivity index (χ1n) is 7.93. The van der Waals surface area contributed by atoms with Crippen LogP contribution in [0.5, 0.6) is 0 Å². The maximum atomic E-state index is 12.6. The summed E-state index contributed by atoms with van der Waals surface area (Å²) in [4.78, 5) is 8.97. The molecule has 0 radical (unpaired) electrons. The molecule has 0 spiro atoms. The van der Waals surface area contributed by atoms with E-state index in [0.717, 1.165) is 0 Å². The number of nitrogens with zero attached hydrogens (tertiary/aromatic N) is 4. The van der Waals surface area contributed by atoms with Gasteiger partial charge in [0, 0.05) is 26.4 Å². The largest absolute Gasteiger partial charge is 0.383 e. The van der Waals surface area contributed by atoms with Gasteiger partial charge in [0.1, 0.15) is 4.90 Å². The molecule has 0 aliphatic carbocycles. The van der Waals surface area contributed by atoms with Gasteiger partial charge in [-0.15, -0.1) is 0 Å². The summed E-state index contributed by atoms with van der Waals surface area (Å²) in [5.74, 6) is 0.455. The fourth-order valence-electron chi connectivity index (χ4n) is 2.42. The van der Waals surface area contributed by atoms with Crippen molar-refractivity contribution in [1.29, 1.82) is 0 Å². The summed E-state index contributed by atoms with van der Waals surface area (Å²) in [6.45, 7) is 2.34. The number of ether oxygens (including phenoxy) is 1. The molecule has 138 valence electrons. The number of nitrogens with one attached hydrogen (secondary N) is 2. The maximum Gasteiger partial charge on any atom is 0.266 e. The van der Waals surface area contributed by atoms with E-state index in [0.29, 0.717) is 23.5 Å². The molecule has 0 amide bonds.